The highest BCUT2D eigenvalue weighted by atomic mass is 32.2. The zero-order valence-electron chi connectivity index (χ0n) is 7.86. The number of piperidine rings is 1. The van der Waals surface area contributed by atoms with Crippen LogP contribution in [0.1, 0.15) is 26.2 Å². The average Bonchev–Trinajstić information content (AvgIpc) is 2.04. The molecule has 1 rings (SSSR count). The summed E-state index contributed by atoms with van der Waals surface area (Å²) in [6.07, 6.45) is 2.32. The van der Waals surface area contributed by atoms with Crippen molar-refractivity contribution in [2.45, 2.75) is 32.4 Å². The first kappa shape index (κ1) is 10.9. The fraction of sp³-hybridized carbons (Fsp3) is 1.00. The molecule has 0 bridgehead atoms. The maximum Gasteiger partial charge on any atom is 0.280 e. The van der Waals surface area contributed by atoms with Crippen LogP contribution in [-0.2, 0) is 10.2 Å². The second-order valence-corrected chi connectivity index (χ2v) is 4.88. The van der Waals surface area contributed by atoms with Gasteiger partial charge in [0.05, 0.1) is 6.17 Å². The molecule has 0 radical (unpaired) electrons. The Labute approximate surface area is 79.5 Å². The number of nitrogens with two attached hydrogens (primary N) is 1. The smallest absolute Gasteiger partial charge is 0.280 e. The minimum atomic E-state index is -3.32. The van der Waals surface area contributed by atoms with Gasteiger partial charge in [0, 0.05) is 13.1 Å². The van der Waals surface area contributed by atoms with Gasteiger partial charge in [-0.3, -0.25) is 0 Å². The average molecular weight is 207 g/mol. The van der Waals surface area contributed by atoms with Crippen molar-refractivity contribution in [1.82, 2.24) is 9.03 Å². The van der Waals surface area contributed by atoms with Crippen molar-refractivity contribution < 1.29 is 8.42 Å². The standard InChI is InChI=1S/C7H17N3O2S/c1-2-9-13(11,12)10-6-4-3-5-7(10)8/h7,9H,2-6,8H2,1H3. The summed E-state index contributed by atoms with van der Waals surface area (Å²) in [5.74, 6) is 0. The maximum absolute atomic E-state index is 11.5. The van der Waals surface area contributed by atoms with Crippen LogP contribution in [0.15, 0.2) is 0 Å². The highest BCUT2D eigenvalue weighted by Crippen LogP contribution is 2.15. The minimum Gasteiger partial charge on any atom is -0.315 e. The molecule has 1 aliphatic heterocycles. The Balaban J connectivity index is 2.68. The first-order valence-electron chi connectivity index (χ1n) is 4.60. The Hall–Kier alpha value is -0.170. The lowest BCUT2D eigenvalue weighted by molar-refractivity contribution is 0.255. The second-order valence-electron chi connectivity index (χ2n) is 3.18. The van der Waals surface area contributed by atoms with Gasteiger partial charge in [-0.25, -0.2) is 4.72 Å². The first-order chi connectivity index (χ1) is 6.08. The normalized spacial score (nSPS) is 26.2. The van der Waals surface area contributed by atoms with E-state index in [1.54, 1.807) is 6.92 Å². The van der Waals surface area contributed by atoms with E-state index in [4.69, 9.17) is 5.73 Å². The van der Waals surface area contributed by atoms with Gasteiger partial charge in [-0.05, 0) is 19.3 Å². The molecule has 1 unspecified atom stereocenters. The van der Waals surface area contributed by atoms with E-state index < -0.39 is 10.2 Å². The molecule has 6 heteroatoms. The molecule has 3 N–H and O–H groups in total. The predicted octanol–water partition coefficient (Wildman–Crippen LogP) is -0.389. The molecule has 0 spiro atoms. The summed E-state index contributed by atoms with van der Waals surface area (Å²) < 4.78 is 26.8. The summed E-state index contributed by atoms with van der Waals surface area (Å²) in [7, 11) is -3.32. The zero-order chi connectivity index (χ0) is 9.90. The fourth-order valence-electron chi connectivity index (χ4n) is 1.49. The third kappa shape index (κ3) is 2.63. The molecule has 5 nitrogen and oxygen atoms in total. The molecule has 0 aromatic carbocycles. The summed E-state index contributed by atoms with van der Waals surface area (Å²) in [5, 5.41) is 0. The quantitative estimate of drug-likeness (QED) is 0.662. The van der Waals surface area contributed by atoms with Gasteiger partial charge in [0.2, 0.25) is 0 Å². The summed E-state index contributed by atoms with van der Waals surface area (Å²) in [4.78, 5) is 0. The van der Waals surface area contributed by atoms with Gasteiger partial charge in [0.15, 0.2) is 0 Å². The van der Waals surface area contributed by atoms with Gasteiger partial charge < -0.3 is 5.73 Å². The Morgan fingerprint density at radius 3 is 2.77 bits per heavy atom. The van der Waals surface area contributed by atoms with Crippen molar-refractivity contribution in [3.63, 3.8) is 0 Å². The Morgan fingerprint density at radius 1 is 1.54 bits per heavy atom. The van der Waals surface area contributed by atoms with Crippen LogP contribution in [0.2, 0.25) is 0 Å². The molecular weight excluding hydrogens is 190 g/mol. The Morgan fingerprint density at radius 2 is 2.23 bits per heavy atom. The second kappa shape index (κ2) is 4.36. The van der Waals surface area contributed by atoms with E-state index in [9.17, 15) is 8.42 Å². The molecule has 1 atom stereocenters. The van der Waals surface area contributed by atoms with Gasteiger partial charge in [-0.2, -0.15) is 12.7 Å². The molecule has 0 aromatic heterocycles. The summed E-state index contributed by atoms with van der Waals surface area (Å²) in [6, 6.07) is 0. The molecule has 1 aliphatic rings. The van der Waals surface area contributed by atoms with E-state index in [1.165, 1.54) is 4.31 Å². The molecule has 0 saturated carbocycles. The lowest BCUT2D eigenvalue weighted by atomic mass is 10.1. The van der Waals surface area contributed by atoms with E-state index >= 15 is 0 Å². The number of hydrogen-bond donors (Lipinski definition) is 2. The van der Waals surface area contributed by atoms with Crippen molar-refractivity contribution in [1.29, 1.82) is 0 Å². The fourth-order valence-corrected chi connectivity index (χ4v) is 2.86. The number of nitrogens with one attached hydrogen (secondary N) is 1. The number of hydrogen-bond acceptors (Lipinski definition) is 3. The predicted molar refractivity (Wildman–Crippen MR) is 51.1 cm³/mol. The lowest BCUT2D eigenvalue weighted by Gasteiger charge is -2.31. The van der Waals surface area contributed by atoms with Gasteiger partial charge >= 0.3 is 0 Å². The lowest BCUT2D eigenvalue weighted by Crippen LogP contribution is -2.52. The van der Waals surface area contributed by atoms with Crippen LogP contribution in [0.5, 0.6) is 0 Å². The first-order valence-corrected chi connectivity index (χ1v) is 6.04. The summed E-state index contributed by atoms with van der Waals surface area (Å²) in [6.45, 7) is 2.70. The van der Waals surface area contributed by atoms with Crippen LogP contribution in [0.4, 0.5) is 0 Å². The van der Waals surface area contributed by atoms with Crippen molar-refractivity contribution in [2.24, 2.45) is 5.73 Å². The Kier molecular flexibility index (Phi) is 3.66. The van der Waals surface area contributed by atoms with Gasteiger partial charge in [0.1, 0.15) is 0 Å². The molecule has 0 amide bonds. The highest BCUT2D eigenvalue weighted by Gasteiger charge is 2.28. The molecule has 78 valence electrons. The molecule has 0 aromatic rings. The summed E-state index contributed by atoms with van der Waals surface area (Å²) in [5.41, 5.74) is 5.70. The van der Waals surface area contributed by atoms with Crippen LogP contribution >= 0.6 is 0 Å². The van der Waals surface area contributed by atoms with Crippen LogP contribution in [0, 0.1) is 0 Å². The van der Waals surface area contributed by atoms with Crippen LogP contribution in [0.25, 0.3) is 0 Å². The zero-order valence-corrected chi connectivity index (χ0v) is 8.68. The van der Waals surface area contributed by atoms with Gasteiger partial charge in [0.25, 0.3) is 10.2 Å². The van der Waals surface area contributed by atoms with Crippen molar-refractivity contribution in [3.05, 3.63) is 0 Å². The van der Waals surface area contributed by atoms with Crippen molar-refractivity contribution >= 4 is 10.2 Å². The topological polar surface area (TPSA) is 75.4 Å². The van der Waals surface area contributed by atoms with Gasteiger partial charge in [-0.1, -0.05) is 6.92 Å². The highest BCUT2D eigenvalue weighted by molar-refractivity contribution is 7.87. The van der Waals surface area contributed by atoms with Crippen LogP contribution < -0.4 is 10.5 Å². The molecule has 13 heavy (non-hydrogen) atoms. The number of nitrogens with zero attached hydrogens (tertiary/aromatic N) is 1. The number of rotatable bonds is 3. The van der Waals surface area contributed by atoms with E-state index in [2.05, 4.69) is 4.72 Å². The molecule has 1 saturated heterocycles. The molecular formula is C7H17N3O2S. The van der Waals surface area contributed by atoms with E-state index in [0.29, 0.717) is 13.1 Å². The van der Waals surface area contributed by atoms with Crippen molar-refractivity contribution in [2.75, 3.05) is 13.1 Å². The maximum atomic E-state index is 11.5. The van der Waals surface area contributed by atoms with E-state index in [0.717, 1.165) is 19.3 Å². The van der Waals surface area contributed by atoms with E-state index in [-0.39, 0.29) is 6.17 Å². The van der Waals surface area contributed by atoms with Crippen molar-refractivity contribution in [3.8, 4) is 0 Å². The van der Waals surface area contributed by atoms with Gasteiger partial charge in [-0.15, -0.1) is 0 Å². The van der Waals surface area contributed by atoms with Crippen LogP contribution in [0.3, 0.4) is 0 Å². The SMILES string of the molecule is CCNS(=O)(=O)N1CCCCC1N. The van der Waals surface area contributed by atoms with Crippen LogP contribution in [-0.4, -0.2) is 32.0 Å². The summed E-state index contributed by atoms with van der Waals surface area (Å²) >= 11 is 0. The molecule has 1 heterocycles. The third-order valence-electron chi connectivity index (χ3n) is 2.13. The Bertz CT molecular complexity index is 252. The minimum absolute atomic E-state index is 0.349. The van der Waals surface area contributed by atoms with E-state index in [1.807, 2.05) is 0 Å². The largest absolute Gasteiger partial charge is 0.315 e. The third-order valence-corrected chi connectivity index (χ3v) is 3.86. The molecule has 0 aliphatic carbocycles. The molecule has 1 fully saturated rings. The monoisotopic (exact) mass is 207 g/mol.